The van der Waals surface area contributed by atoms with Crippen molar-refractivity contribution in [2.45, 2.75) is 0 Å². The zero-order chi connectivity index (χ0) is 10.1. The molecule has 2 aromatic rings. The Morgan fingerprint density at radius 1 is 1.50 bits per heavy atom. The van der Waals surface area contributed by atoms with E-state index in [1.54, 1.807) is 10.7 Å². The van der Waals surface area contributed by atoms with Crippen molar-refractivity contribution in [3.8, 4) is 0 Å². The van der Waals surface area contributed by atoms with Gasteiger partial charge in [0.1, 0.15) is 0 Å². The zero-order valence-corrected chi connectivity index (χ0v) is 10.0. The van der Waals surface area contributed by atoms with E-state index >= 15 is 0 Å². The molecule has 0 aliphatic carbocycles. The van der Waals surface area contributed by atoms with E-state index in [0.717, 1.165) is 20.0 Å². The molecule has 6 heteroatoms. The van der Waals surface area contributed by atoms with E-state index in [-0.39, 0.29) is 0 Å². The van der Waals surface area contributed by atoms with E-state index in [1.807, 2.05) is 12.3 Å². The molecule has 0 saturated carbocycles. The van der Waals surface area contributed by atoms with Crippen molar-refractivity contribution >= 4 is 43.6 Å². The molecule has 0 radical (unpaired) electrons. The van der Waals surface area contributed by atoms with E-state index in [2.05, 4.69) is 42.1 Å². The van der Waals surface area contributed by atoms with E-state index in [9.17, 15) is 0 Å². The lowest BCUT2D eigenvalue weighted by Gasteiger charge is -1.98. The summed E-state index contributed by atoms with van der Waals surface area (Å²) < 4.78 is 3.51. The van der Waals surface area contributed by atoms with Crippen molar-refractivity contribution in [1.82, 2.24) is 9.61 Å². The Labute approximate surface area is 96.5 Å². The molecule has 0 saturated heterocycles. The van der Waals surface area contributed by atoms with Crippen molar-refractivity contribution < 1.29 is 5.21 Å². The van der Waals surface area contributed by atoms with Gasteiger partial charge >= 0.3 is 0 Å². The SMILES string of the molecule is O/N=C/c1cnn2cc(Br)cc(Br)c12. The predicted octanol–water partition coefficient (Wildman–Crippen LogP) is 2.67. The molecule has 0 aromatic carbocycles. The molecule has 14 heavy (non-hydrogen) atoms. The Bertz CT molecular complexity index is 507. The normalized spacial score (nSPS) is 11.6. The Morgan fingerprint density at radius 3 is 3.00 bits per heavy atom. The highest BCUT2D eigenvalue weighted by atomic mass is 79.9. The molecule has 2 heterocycles. The minimum atomic E-state index is 0.756. The van der Waals surface area contributed by atoms with Crippen LogP contribution in [0, 0.1) is 0 Å². The number of nitrogens with zero attached hydrogens (tertiary/aromatic N) is 3. The second kappa shape index (κ2) is 3.70. The summed E-state index contributed by atoms with van der Waals surface area (Å²) in [5, 5.41) is 15.5. The van der Waals surface area contributed by atoms with Crippen LogP contribution in [0.5, 0.6) is 0 Å². The van der Waals surface area contributed by atoms with Crippen LogP contribution in [0.1, 0.15) is 5.56 Å². The van der Waals surface area contributed by atoms with Crippen LogP contribution in [0.2, 0.25) is 0 Å². The molecule has 2 rings (SSSR count). The number of rotatable bonds is 1. The average Bonchev–Trinajstić information content (AvgIpc) is 2.49. The fourth-order valence-corrected chi connectivity index (χ4v) is 2.61. The van der Waals surface area contributed by atoms with Gasteiger partial charge < -0.3 is 5.21 Å². The number of aromatic nitrogens is 2. The molecule has 0 aliphatic heterocycles. The highest BCUT2D eigenvalue weighted by molar-refractivity contribution is 9.11. The van der Waals surface area contributed by atoms with Gasteiger partial charge in [0.15, 0.2) is 0 Å². The Kier molecular flexibility index (Phi) is 2.56. The fraction of sp³-hybridized carbons (Fsp3) is 0. The van der Waals surface area contributed by atoms with Crippen LogP contribution in [0.25, 0.3) is 5.52 Å². The highest BCUT2D eigenvalue weighted by Crippen LogP contribution is 2.24. The number of hydrogen-bond acceptors (Lipinski definition) is 3. The minimum Gasteiger partial charge on any atom is -0.411 e. The van der Waals surface area contributed by atoms with Crippen LogP contribution in [-0.2, 0) is 0 Å². The maximum atomic E-state index is 8.45. The molecule has 1 N–H and O–H groups in total. The van der Waals surface area contributed by atoms with Crippen LogP contribution in [0.15, 0.2) is 32.6 Å². The first-order valence-electron chi connectivity index (χ1n) is 3.72. The summed E-state index contributed by atoms with van der Waals surface area (Å²) >= 11 is 6.77. The van der Waals surface area contributed by atoms with Crippen LogP contribution < -0.4 is 0 Å². The smallest absolute Gasteiger partial charge is 0.0893 e. The monoisotopic (exact) mass is 317 g/mol. The Hall–Kier alpha value is -0.880. The molecule has 72 valence electrons. The van der Waals surface area contributed by atoms with Gasteiger partial charge in [-0.05, 0) is 37.9 Å². The van der Waals surface area contributed by atoms with Gasteiger partial charge in [0, 0.05) is 20.7 Å². The lowest BCUT2D eigenvalue weighted by molar-refractivity contribution is 0.322. The maximum absolute atomic E-state index is 8.45. The van der Waals surface area contributed by atoms with Crippen LogP contribution in [-0.4, -0.2) is 21.0 Å². The molecule has 4 nitrogen and oxygen atoms in total. The third-order valence-electron chi connectivity index (χ3n) is 1.76. The van der Waals surface area contributed by atoms with Crippen molar-refractivity contribution in [3.63, 3.8) is 0 Å². The molecule has 0 bridgehead atoms. The van der Waals surface area contributed by atoms with E-state index < -0.39 is 0 Å². The standard InChI is InChI=1S/C8H5Br2N3O/c9-6-1-7(10)8-5(3-12-14)2-11-13(8)4-6/h1-4,14H/b12-3+. The summed E-state index contributed by atoms with van der Waals surface area (Å²) in [6.45, 7) is 0. The van der Waals surface area contributed by atoms with Gasteiger partial charge in [0.2, 0.25) is 0 Å². The summed E-state index contributed by atoms with van der Waals surface area (Å²) in [5.74, 6) is 0. The van der Waals surface area contributed by atoms with Gasteiger partial charge in [0.25, 0.3) is 0 Å². The van der Waals surface area contributed by atoms with Gasteiger partial charge in [-0.15, -0.1) is 0 Å². The highest BCUT2D eigenvalue weighted by Gasteiger charge is 2.06. The van der Waals surface area contributed by atoms with Crippen molar-refractivity contribution in [2.24, 2.45) is 5.16 Å². The average molecular weight is 319 g/mol. The molecule has 0 amide bonds. The van der Waals surface area contributed by atoms with Crippen LogP contribution >= 0.6 is 31.9 Å². The topological polar surface area (TPSA) is 49.9 Å². The van der Waals surface area contributed by atoms with Crippen molar-refractivity contribution in [2.75, 3.05) is 0 Å². The number of oxime groups is 1. The van der Waals surface area contributed by atoms with Gasteiger partial charge in [-0.25, -0.2) is 4.52 Å². The van der Waals surface area contributed by atoms with Crippen LogP contribution in [0.3, 0.4) is 0 Å². The van der Waals surface area contributed by atoms with E-state index in [4.69, 9.17) is 5.21 Å². The fourth-order valence-electron chi connectivity index (χ4n) is 1.22. The molecular formula is C8H5Br2N3O. The Morgan fingerprint density at radius 2 is 2.29 bits per heavy atom. The van der Waals surface area contributed by atoms with Crippen molar-refractivity contribution in [3.05, 3.63) is 33.0 Å². The Balaban J connectivity index is 2.78. The minimum absolute atomic E-state index is 0.756. The molecule has 0 spiro atoms. The largest absolute Gasteiger partial charge is 0.411 e. The van der Waals surface area contributed by atoms with E-state index in [1.165, 1.54) is 6.21 Å². The van der Waals surface area contributed by atoms with Crippen molar-refractivity contribution in [1.29, 1.82) is 0 Å². The lowest BCUT2D eigenvalue weighted by Crippen LogP contribution is -1.88. The quantitative estimate of drug-likeness (QED) is 0.499. The molecular weight excluding hydrogens is 314 g/mol. The lowest BCUT2D eigenvalue weighted by atomic mass is 10.3. The van der Waals surface area contributed by atoms with E-state index in [0.29, 0.717) is 0 Å². The van der Waals surface area contributed by atoms with Gasteiger partial charge in [-0.1, -0.05) is 5.16 Å². The summed E-state index contributed by atoms with van der Waals surface area (Å²) in [6, 6.07) is 1.91. The van der Waals surface area contributed by atoms with Gasteiger partial charge in [-0.3, -0.25) is 0 Å². The summed E-state index contributed by atoms with van der Waals surface area (Å²) in [7, 11) is 0. The number of pyridine rings is 1. The summed E-state index contributed by atoms with van der Waals surface area (Å²) in [5.41, 5.74) is 1.62. The number of fused-ring (bicyclic) bond motifs is 1. The van der Waals surface area contributed by atoms with Gasteiger partial charge in [-0.2, -0.15) is 5.10 Å². The first kappa shape index (κ1) is 9.67. The third-order valence-corrected chi connectivity index (χ3v) is 2.80. The second-order valence-electron chi connectivity index (χ2n) is 2.64. The molecule has 2 aromatic heterocycles. The molecule has 0 fully saturated rings. The van der Waals surface area contributed by atoms with Crippen LogP contribution in [0.4, 0.5) is 0 Å². The number of hydrogen-bond donors (Lipinski definition) is 1. The molecule has 0 atom stereocenters. The molecule has 0 unspecified atom stereocenters. The summed E-state index contributed by atoms with van der Waals surface area (Å²) in [6.07, 6.45) is 4.81. The predicted molar refractivity (Wildman–Crippen MR) is 60.0 cm³/mol. The molecule has 0 aliphatic rings. The number of halogens is 2. The maximum Gasteiger partial charge on any atom is 0.0893 e. The first-order valence-corrected chi connectivity index (χ1v) is 5.31. The third kappa shape index (κ3) is 1.55. The summed E-state index contributed by atoms with van der Waals surface area (Å²) in [4.78, 5) is 0. The first-order chi connectivity index (χ1) is 6.72. The second-order valence-corrected chi connectivity index (χ2v) is 4.41. The van der Waals surface area contributed by atoms with Gasteiger partial charge in [0.05, 0.1) is 17.9 Å². The zero-order valence-electron chi connectivity index (χ0n) is 6.85.